The summed E-state index contributed by atoms with van der Waals surface area (Å²) in [5, 5.41) is 6.75. The Bertz CT molecular complexity index is 2870. The maximum absolute atomic E-state index is 6.57. The van der Waals surface area contributed by atoms with E-state index in [-0.39, 0.29) is 0 Å². The number of rotatable bonds is 4. The van der Waals surface area contributed by atoms with Gasteiger partial charge in [0.25, 0.3) is 0 Å². The smallest absolute Gasteiger partial charge is 0.136 e. The first-order chi connectivity index (χ1) is 24.3. The molecule has 0 saturated heterocycles. The summed E-state index contributed by atoms with van der Waals surface area (Å²) in [4.78, 5) is 10.2. The Balaban J connectivity index is 1.20. The second-order valence-corrected chi connectivity index (χ2v) is 12.5. The van der Waals surface area contributed by atoms with Crippen molar-refractivity contribution in [1.29, 1.82) is 0 Å². The molecule has 0 aliphatic heterocycles. The van der Waals surface area contributed by atoms with Gasteiger partial charge in [0, 0.05) is 49.0 Å². The Hall–Kier alpha value is -6.58. The number of hydrogen-bond donors (Lipinski definition) is 0. The lowest BCUT2D eigenvalue weighted by Gasteiger charge is -2.16. The van der Waals surface area contributed by atoms with Gasteiger partial charge in [0.15, 0.2) is 0 Å². The van der Waals surface area contributed by atoms with Crippen LogP contribution in [0.15, 0.2) is 174 Å². The quantitative estimate of drug-likeness (QED) is 0.183. The first-order valence-corrected chi connectivity index (χ1v) is 16.6. The molecule has 0 aliphatic rings. The van der Waals surface area contributed by atoms with Gasteiger partial charge in [0.2, 0.25) is 0 Å². The van der Waals surface area contributed by atoms with Gasteiger partial charge in [-0.1, -0.05) is 133 Å². The lowest BCUT2D eigenvalue weighted by atomic mass is 9.89. The van der Waals surface area contributed by atoms with Crippen LogP contribution in [0.2, 0.25) is 0 Å². The molecule has 3 aromatic heterocycles. The minimum absolute atomic E-state index is 0.859. The average molecular weight is 625 g/mol. The molecule has 7 aromatic carbocycles. The highest BCUT2D eigenvalue weighted by Crippen LogP contribution is 2.46. The van der Waals surface area contributed by atoms with E-state index in [2.05, 4.69) is 146 Å². The van der Waals surface area contributed by atoms with Crippen molar-refractivity contribution in [3.8, 4) is 44.8 Å². The van der Waals surface area contributed by atoms with Crippen LogP contribution in [0.25, 0.3) is 99.3 Å². The largest absolute Gasteiger partial charge is 0.456 e. The van der Waals surface area contributed by atoms with Crippen molar-refractivity contribution >= 4 is 54.5 Å². The zero-order valence-electron chi connectivity index (χ0n) is 26.5. The van der Waals surface area contributed by atoms with E-state index in [1.54, 1.807) is 0 Å². The van der Waals surface area contributed by atoms with E-state index in [1.165, 1.54) is 5.39 Å². The normalized spacial score (nSPS) is 11.7. The van der Waals surface area contributed by atoms with Crippen LogP contribution in [0.4, 0.5) is 0 Å². The van der Waals surface area contributed by atoms with Crippen LogP contribution < -0.4 is 0 Å². The molecule has 0 unspecified atom stereocenters. The molecule has 0 aliphatic carbocycles. The molecule has 0 fully saturated rings. The second kappa shape index (κ2) is 11.0. The Kier molecular flexibility index (Phi) is 6.18. The SMILES string of the molecule is c1ccc(-c2nc3ccccc3c3c(-c4ccc(-c5cccc(-c6ccc7ccccc7n6)c5)cc4)c4c(cc23)oc2ccccc24)cc1. The minimum atomic E-state index is 0.859. The Morgan fingerprint density at radius 1 is 0.367 bits per heavy atom. The summed E-state index contributed by atoms with van der Waals surface area (Å²) in [6.07, 6.45) is 0. The molecule has 0 atom stereocenters. The van der Waals surface area contributed by atoms with Crippen LogP contribution in [-0.2, 0) is 0 Å². The van der Waals surface area contributed by atoms with Crippen molar-refractivity contribution in [2.45, 2.75) is 0 Å². The molecule has 0 N–H and O–H groups in total. The van der Waals surface area contributed by atoms with Gasteiger partial charge in [-0.2, -0.15) is 0 Å². The summed E-state index contributed by atoms with van der Waals surface area (Å²) in [6.45, 7) is 0. The van der Waals surface area contributed by atoms with Crippen molar-refractivity contribution in [3.05, 3.63) is 170 Å². The molecule has 0 amide bonds. The van der Waals surface area contributed by atoms with Gasteiger partial charge in [-0.15, -0.1) is 0 Å². The predicted octanol–water partition coefficient (Wildman–Crippen LogP) is 12.5. The number of benzene rings is 7. The molecule has 228 valence electrons. The predicted molar refractivity (Wildman–Crippen MR) is 204 cm³/mol. The fraction of sp³-hybridized carbons (Fsp3) is 0. The zero-order chi connectivity index (χ0) is 32.3. The van der Waals surface area contributed by atoms with E-state index in [4.69, 9.17) is 14.4 Å². The summed E-state index contributed by atoms with van der Waals surface area (Å²) in [5.74, 6) is 0. The molecular formula is C46H28N2O. The minimum Gasteiger partial charge on any atom is -0.456 e. The number of para-hydroxylation sites is 3. The van der Waals surface area contributed by atoms with E-state index in [1.807, 2.05) is 24.3 Å². The second-order valence-electron chi connectivity index (χ2n) is 12.5. The van der Waals surface area contributed by atoms with E-state index in [0.29, 0.717) is 0 Å². The molecule has 3 heterocycles. The summed E-state index contributed by atoms with van der Waals surface area (Å²) >= 11 is 0. The fourth-order valence-electron chi connectivity index (χ4n) is 7.34. The van der Waals surface area contributed by atoms with Crippen molar-refractivity contribution in [2.75, 3.05) is 0 Å². The van der Waals surface area contributed by atoms with E-state index in [0.717, 1.165) is 93.9 Å². The van der Waals surface area contributed by atoms with Crippen molar-refractivity contribution in [1.82, 2.24) is 9.97 Å². The van der Waals surface area contributed by atoms with Crippen molar-refractivity contribution < 1.29 is 4.42 Å². The molecular weight excluding hydrogens is 597 g/mol. The molecule has 10 rings (SSSR count). The van der Waals surface area contributed by atoms with Gasteiger partial charge < -0.3 is 4.42 Å². The summed E-state index contributed by atoms with van der Waals surface area (Å²) < 4.78 is 6.57. The standard InChI is InChI=1S/C46H28N2O/c1-2-12-32(13-3-1)46-37-28-42-45(36-17-6-9-20-41(36)49-42)43(44(37)35-16-5-8-19-40(35)48-46)31-23-21-29(22-24-31)33-14-10-15-34(27-33)39-26-25-30-11-4-7-18-38(30)47-39/h1-28H. The molecule has 3 heteroatoms. The molecule has 49 heavy (non-hydrogen) atoms. The maximum Gasteiger partial charge on any atom is 0.136 e. The van der Waals surface area contributed by atoms with Gasteiger partial charge >= 0.3 is 0 Å². The third kappa shape index (κ3) is 4.51. The molecule has 0 saturated carbocycles. The summed E-state index contributed by atoms with van der Waals surface area (Å²) in [5.41, 5.74) is 12.4. The highest BCUT2D eigenvalue weighted by molar-refractivity contribution is 6.27. The summed E-state index contributed by atoms with van der Waals surface area (Å²) in [7, 11) is 0. The maximum atomic E-state index is 6.57. The van der Waals surface area contributed by atoms with Gasteiger partial charge in [-0.25, -0.2) is 9.97 Å². The van der Waals surface area contributed by atoms with E-state index in [9.17, 15) is 0 Å². The first kappa shape index (κ1) is 27.5. The van der Waals surface area contributed by atoms with Gasteiger partial charge in [-0.3, -0.25) is 0 Å². The van der Waals surface area contributed by atoms with Crippen LogP contribution in [0.5, 0.6) is 0 Å². The van der Waals surface area contributed by atoms with Gasteiger partial charge in [0.05, 0.1) is 22.4 Å². The molecule has 10 aromatic rings. The van der Waals surface area contributed by atoms with E-state index >= 15 is 0 Å². The number of fused-ring (bicyclic) bond motifs is 7. The van der Waals surface area contributed by atoms with E-state index < -0.39 is 0 Å². The lowest BCUT2D eigenvalue weighted by molar-refractivity contribution is 0.669. The van der Waals surface area contributed by atoms with Crippen molar-refractivity contribution in [2.24, 2.45) is 0 Å². The van der Waals surface area contributed by atoms with Crippen LogP contribution >= 0.6 is 0 Å². The Labute approximate surface area is 282 Å². The topological polar surface area (TPSA) is 38.9 Å². The van der Waals surface area contributed by atoms with Crippen LogP contribution in [0.3, 0.4) is 0 Å². The molecule has 3 nitrogen and oxygen atoms in total. The monoisotopic (exact) mass is 624 g/mol. The highest BCUT2D eigenvalue weighted by Gasteiger charge is 2.21. The van der Waals surface area contributed by atoms with Crippen LogP contribution in [0.1, 0.15) is 0 Å². The Morgan fingerprint density at radius 2 is 1.06 bits per heavy atom. The number of aromatic nitrogens is 2. The molecule has 0 bridgehead atoms. The number of nitrogens with zero attached hydrogens (tertiary/aromatic N) is 2. The first-order valence-electron chi connectivity index (χ1n) is 16.6. The van der Waals surface area contributed by atoms with Crippen LogP contribution in [-0.4, -0.2) is 9.97 Å². The van der Waals surface area contributed by atoms with Crippen LogP contribution in [0, 0.1) is 0 Å². The van der Waals surface area contributed by atoms with Crippen molar-refractivity contribution in [3.63, 3.8) is 0 Å². The zero-order valence-corrected chi connectivity index (χ0v) is 26.5. The fourth-order valence-corrected chi connectivity index (χ4v) is 7.34. The third-order valence-corrected chi connectivity index (χ3v) is 9.64. The Morgan fingerprint density at radius 3 is 1.94 bits per heavy atom. The molecule has 0 spiro atoms. The van der Waals surface area contributed by atoms with Gasteiger partial charge in [0.1, 0.15) is 11.2 Å². The average Bonchev–Trinajstić information content (AvgIpc) is 3.55. The summed E-state index contributed by atoms with van der Waals surface area (Å²) in [6, 6.07) is 59.6. The third-order valence-electron chi connectivity index (χ3n) is 9.64. The molecule has 0 radical (unpaired) electrons. The highest BCUT2D eigenvalue weighted by atomic mass is 16.3. The number of furan rings is 1. The number of pyridine rings is 2. The lowest BCUT2D eigenvalue weighted by Crippen LogP contribution is -1.93. The number of hydrogen-bond acceptors (Lipinski definition) is 3. The van der Waals surface area contributed by atoms with Gasteiger partial charge in [-0.05, 0) is 53.1 Å².